The van der Waals surface area contributed by atoms with Crippen molar-refractivity contribution in [2.24, 2.45) is 5.92 Å². The number of halogens is 1. The molecule has 0 spiro atoms. The lowest BCUT2D eigenvalue weighted by Crippen LogP contribution is -2.21. The minimum absolute atomic E-state index is 0.729. The van der Waals surface area contributed by atoms with Crippen LogP contribution in [0, 0.1) is 12.8 Å². The van der Waals surface area contributed by atoms with Gasteiger partial charge in [0.1, 0.15) is 0 Å². The number of nitrogens with one attached hydrogen (secondary N) is 1. The van der Waals surface area contributed by atoms with Crippen LogP contribution in [0.25, 0.3) is 0 Å². The molecule has 0 unspecified atom stereocenters. The Balaban J connectivity index is 2.10. The van der Waals surface area contributed by atoms with Crippen LogP contribution in [0.1, 0.15) is 32.4 Å². The van der Waals surface area contributed by atoms with Crippen molar-refractivity contribution in [2.45, 2.75) is 40.2 Å². The van der Waals surface area contributed by atoms with Gasteiger partial charge in [-0.15, -0.1) is 0 Å². The van der Waals surface area contributed by atoms with Crippen molar-refractivity contribution < 1.29 is 0 Å². The van der Waals surface area contributed by atoms with Crippen molar-refractivity contribution in [3.05, 3.63) is 16.9 Å². The first-order chi connectivity index (χ1) is 7.61. The summed E-state index contributed by atoms with van der Waals surface area (Å²) < 4.78 is 1.98. The van der Waals surface area contributed by atoms with E-state index in [1.54, 1.807) is 6.20 Å². The third kappa shape index (κ3) is 4.54. The fraction of sp³-hybridized carbons (Fsp3) is 0.750. The lowest BCUT2D eigenvalue weighted by molar-refractivity contribution is 0.502. The van der Waals surface area contributed by atoms with Crippen molar-refractivity contribution in [1.29, 1.82) is 0 Å². The summed E-state index contributed by atoms with van der Waals surface area (Å²) in [5.41, 5.74) is 1.07. The van der Waals surface area contributed by atoms with E-state index in [0.717, 1.165) is 42.7 Å². The van der Waals surface area contributed by atoms with Gasteiger partial charge in [-0.25, -0.2) is 0 Å². The summed E-state index contributed by atoms with van der Waals surface area (Å²) in [6, 6.07) is 0. The van der Waals surface area contributed by atoms with Crippen LogP contribution in [0.3, 0.4) is 0 Å². The molecule has 0 fully saturated rings. The predicted molar refractivity (Wildman–Crippen MR) is 68.9 cm³/mol. The second-order valence-corrected chi connectivity index (χ2v) is 5.01. The van der Waals surface area contributed by atoms with Gasteiger partial charge in [-0.1, -0.05) is 25.4 Å². The standard InChI is InChI=1S/C12H22ClN3/c1-10(2)8-14-6-4-5-7-16-11(3)12(13)9-15-16/h9-10,14H,4-8H2,1-3H3. The second kappa shape index (κ2) is 6.92. The van der Waals surface area contributed by atoms with Gasteiger partial charge in [0.2, 0.25) is 0 Å². The van der Waals surface area contributed by atoms with Crippen LogP contribution in [0.2, 0.25) is 5.02 Å². The van der Waals surface area contributed by atoms with E-state index in [0.29, 0.717) is 0 Å². The molecule has 1 aromatic heterocycles. The van der Waals surface area contributed by atoms with Gasteiger partial charge < -0.3 is 5.32 Å². The van der Waals surface area contributed by atoms with E-state index in [2.05, 4.69) is 24.3 Å². The van der Waals surface area contributed by atoms with Crippen LogP contribution in [0.4, 0.5) is 0 Å². The van der Waals surface area contributed by atoms with Gasteiger partial charge in [0.05, 0.1) is 16.9 Å². The number of aryl methyl sites for hydroxylation is 1. The van der Waals surface area contributed by atoms with Crippen molar-refractivity contribution in [3.8, 4) is 0 Å². The number of nitrogens with zero attached hydrogens (tertiary/aromatic N) is 2. The summed E-state index contributed by atoms with van der Waals surface area (Å²) in [6.07, 6.45) is 4.04. The average molecular weight is 244 g/mol. The highest BCUT2D eigenvalue weighted by molar-refractivity contribution is 6.31. The van der Waals surface area contributed by atoms with Crippen LogP contribution in [-0.4, -0.2) is 22.9 Å². The Hall–Kier alpha value is -0.540. The molecule has 0 aromatic carbocycles. The predicted octanol–water partition coefficient (Wildman–Crippen LogP) is 2.87. The van der Waals surface area contributed by atoms with Gasteiger partial charge in [-0.3, -0.25) is 4.68 Å². The van der Waals surface area contributed by atoms with E-state index in [1.807, 2.05) is 11.6 Å². The first-order valence-corrected chi connectivity index (χ1v) is 6.37. The van der Waals surface area contributed by atoms with Gasteiger partial charge in [-0.05, 0) is 38.8 Å². The van der Waals surface area contributed by atoms with Crippen LogP contribution < -0.4 is 5.32 Å². The normalized spacial score (nSPS) is 11.3. The third-order valence-electron chi connectivity index (χ3n) is 2.57. The Labute approximate surface area is 103 Å². The Morgan fingerprint density at radius 3 is 2.75 bits per heavy atom. The molecule has 92 valence electrons. The van der Waals surface area contributed by atoms with Crippen LogP contribution in [0.15, 0.2) is 6.20 Å². The number of rotatable bonds is 7. The SMILES string of the molecule is Cc1c(Cl)cnn1CCCCNCC(C)C. The Morgan fingerprint density at radius 1 is 1.44 bits per heavy atom. The molecule has 0 aliphatic heterocycles. The van der Waals surface area contributed by atoms with E-state index in [-0.39, 0.29) is 0 Å². The molecule has 0 saturated heterocycles. The average Bonchev–Trinajstić information content (AvgIpc) is 2.54. The Bertz CT molecular complexity index is 307. The molecule has 0 saturated carbocycles. The summed E-state index contributed by atoms with van der Waals surface area (Å²) >= 11 is 5.93. The summed E-state index contributed by atoms with van der Waals surface area (Å²) in [4.78, 5) is 0. The van der Waals surface area contributed by atoms with E-state index < -0.39 is 0 Å². The quantitative estimate of drug-likeness (QED) is 0.747. The molecular formula is C12H22ClN3. The zero-order valence-electron chi connectivity index (χ0n) is 10.5. The molecule has 1 N–H and O–H groups in total. The maximum absolute atomic E-state index is 5.93. The molecule has 4 heteroatoms. The largest absolute Gasteiger partial charge is 0.316 e. The van der Waals surface area contributed by atoms with Crippen molar-refractivity contribution >= 4 is 11.6 Å². The first-order valence-electron chi connectivity index (χ1n) is 6.00. The molecule has 0 atom stereocenters. The number of unbranched alkanes of at least 4 members (excludes halogenated alkanes) is 1. The minimum Gasteiger partial charge on any atom is -0.316 e. The third-order valence-corrected chi connectivity index (χ3v) is 2.94. The molecule has 0 aliphatic carbocycles. The van der Waals surface area contributed by atoms with Crippen molar-refractivity contribution in [3.63, 3.8) is 0 Å². The van der Waals surface area contributed by atoms with Gasteiger partial charge in [0.25, 0.3) is 0 Å². The molecule has 0 aliphatic rings. The summed E-state index contributed by atoms with van der Waals surface area (Å²) in [5.74, 6) is 0.729. The van der Waals surface area contributed by atoms with E-state index in [9.17, 15) is 0 Å². The van der Waals surface area contributed by atoms with Crippen molar-refractivity contribution in [2.75, 3.05) is 13.1 Å². The highest BCUT2D eigenvalue weighted by atomic mass is 35.5. The summed E-state index contributed by atoms with van der Waals surface area (Å²) in [5, 5.41) is 8.42. The van der Waals surface area contributed by atoms with E-state index >= 15 is 0 Å². The molecule has 1 aromatic rings. The monoisotopic (exact) mass is 243 g/mol. The maximum Gasteiger partial charge on any atom is 0.0814 e. The molecule has 1 rings (SSSR count). The fourth-order valence-corrected chi connectivity index (χ4v) is 1.69. The summed E-state index contributed by atoms with van der Waals surface area (Å²) in [6.45, 7) is 9.61. The number of aromatic nitrogens is 2. The minimum atomic E-state index is 0.729. The van der Waals surface area contributed by atoms with Crippen LogP contribution in [-0.2, 0) is 6.54 Å². The molecule has 0 radical (unpaired) electrons. The zero-order valence-corrected chi connectivity index (χ0v) is 11.2. The van der Waals surface area contributed by atoms with Gasteiger partial charge >= 0.3 is 0 Å². The molecule has 16 heavy (non-hydrogen) atoms. The number of hydrogen-bond donors (Lipinski definition) is 1. The maximum atomic E-state index is 5.93. The topological polar surface area (TPSA) is 29.9 Å². The second-order valence-electron chi connectivity index (χ2n) is 4.61. The Kier molecular flexibility index (Phi) is 5.85. The lowest BCUT2D eigenvalue weighted by Gasteiger charge is -2.07. The van der Waals surface area contributed by atoms with Crippen LogP contribution in [0.5, 0.6) is 0 Å². The van der Waals surface area contributed by atoms with E-state index in [1.165, 1.54) is 6.42 Å². The van der Waals surface area contributed by atoms with Crippen LogP contribution >= 0.6 is 11.6 Å². The van der Waals surface area contributed by atoms with Gasteiger partial charge in [0.15, 0.2) is 0 Å². The number of hydrogen-bond acceptors (Lipinski definition) is 2. The highest BCUT2D eigenvalue weighted by Crippen LogP contribution is 2.13. The highest BCUT2D eigenvalue weighted by Gasteiger charge is 2.02. The Morgan fingerprint density at radius 2 is 2.19 bits per heavy atom. The van der Waals surface area contributed by atoms with Gasteiger partial charge in [0, 0.05) is 6.54 Å². The molecule has 3 nitrogen and oxygen atoms in total. The van der Waals surface area contributed by atoms with E-state index in [4.69, 9.17) is 11.6 Å². The summed E-state index contributed by atoms with van der Waals surface area (Å²) in [7, 11) is 0. The molecule has 0 bridgehead atoms. The molecule has 1 heterocycles. The molecular weight excluding hydrogens is 222 g/mol. The van der Waals surface area contributed by atoms with Gasteiger partial charge in [-0.2, -0.15) is 5.10 Å². The molecule has 0 amide bonds. The smallest absolute Gasteiger partial charge is 0.0814 e. The fourth-order valence-electron chi connectivity index (χ4n) is 1.55. The zero-order chi connectivity index (χ0) is 12.0. The first kappa shape index (κ1) is 13.5. The van der Waals surface area contributed by atoms with Crippen molar-refractivity contribution in [1.82, 2.24) is 15.1 Å². The lowest BCUT2D eigenvalue weighted by atomic mass is 10.2.